The van der Waals surface area contributed by atoms with E-state index in [1.165, 1.54) is 18.7 Å². The number of nitrogens with zero attached hydrogens (tertiary/aromatic N) is 3. The van der Waals surface area contributed by atoms with Gasteiger partial charge < -0.3 is 10.1 Å². The van der Waals surface area contributed by atoms with Crippen LogP contribution >= 0.6 is 0 Å². The third-order valence-electron chi connectivity index (χ3n) is 4.27. The lowest BCUT2D eigenvalue weighted by Gasteiger charge is -2.37. The Hall–Kier alpha value is -0.910. The molecule has 0 aromatic carbocycles. The first-order valence-corrected chi connectivity index (χ1v) is 8.28. The molecule has 0 radical (unpaired) electrons. The van der Waals surface area contributed by atoms with Gasteiger partial charge in [-0.05, 0) is 38.4 Å². The van der Waals surface area contributed by atoms with Crippen LogP contribution in [-0.4, -0.2) is 59.6 Å². The van der Waals surface area contributed by atoms with E-state index in [1.807, 2.05) is 17.9 Å². The quantitative estimate of drug-likeness (QED) is 0.788. The maximum absolute atomic E-state index is 6.04. The maximum atomic E-state index is 6.04. The monoisotopic (exact) mass is 294 g/mol. The Labute approximate surface area is 128 Å². The van der Waals surface area contributed by atoms with Crippen LogP contribution in [-0.2, 0) is 18.2 Å². The van der Waals surface area contributed by atoms with E-state index in [-0.39, 0.29) is 0 Å². The summed E-state index contributed by atoms with van der Waals surface area (Å²) in [6.07, 6.45) is 5.53. The number of ether oxygens (including phenoxy) is 1. The van der Waals surface area contributed by atoms with Crippen molar-refractivity contribution in [3.63, 3.8) is 0 Å². The highest BCUT2D eigenvalue weighted by atomic mass is 16.5. The summed E-state index contributed by atoms with van der Waals surface area (Å²) in [5.74, 6) is 0. The van der Waals surface area contributed by atoms with Gasteiger partial charge in [0.05, 0.1) is 12.7 Å². The summed E-state index contributed by atoms with van der Waals surface area (Å²) in [5, 5.41) is 7.86. The van der Waals surface area contributed by atoms with E-state index in [9.17, 15) is 0 Å². The van der Waals surface area contributed by atoms with Crippen molar-refractivity contribution in [1.82, 2.24) is 20.0 Å². The number of morpholine rings is 1. The molecular weight excluding hydrogens is 264 g/mol. The predicted octanol–water partition coefficient (Wildman–Crippen LogP) is 1.44. The number of rotatable bonds is 8. The highest BCUT2D eigenvalue weighted by Gasteiger charge is 2.27. The summed E-state index contributed by atoms with van der Waals surface area (Å²) in [5.41, 5.74) is 1.29. The van der Waals surface area contributed by atoms with Gasteiger partial charge in [-0.3, -0.25) is 9.58 Å². The minimum atomic E-state index is 0.304. The molecule has 0 spiro atoms. The molecule has 1 aliphatic heterocycles. The second kappa shape index (κ2) is 8.51. The largest absolute Gasteiger partial charge is 0.374 e. The number of aryl methyl sites for hydroxylation is 2. The fourth-order valence-corrected chi connectivity index (χ4v) is 3.13. The van der Waals surface area contributed by atoms with Gasteiger partial charge >= 0.3 is 0 Å². The molecule has 1 aromatic heterocycles. The van der Waals surface area contributed by atoms with Crippen LogP contribution in [0, 0.1) is 0 Å². The lowest BCUT2D eigenvalue weighted by Crippen LogP contribution is -2.52. The summed E-state index contributed by atoms with van der Waals surface area (Å²) >= 11 is 0. The van der Waals surface area contributed by atoms with Crippen molar-refractivity contribution in [2.75, 3.05) is 32.8 Å². The molecule has 5 nitrogen and oxygen atoms in total. The van der Waals surface area contributed by atoms with Crippen molar-refractivity contribution in [2.45, 2.75) is 45.3 Å². The van der Waals surface area contributed by atoms with Gasteiger partial charge in [0, 0.05) is 38.1 Å². The van der Waals surface area contributed by atoms with E-state index in [2.05, 4.69) is 35.2 Å². The van der Waals surface area contributed by atoms with E-state index in [4.69, 9.17) is 4.74 Å². The maximum Gasteiger partial charge on any atom is 0.0855 e. The minimum Gasteiger partial charge on any atom is -0.374 e. The third-order valence-corrected chi connectivity index (χ3v) is 4.27. The SMILES string of the molecule is CCCN1CCOC(C(CCc2ccnn2C)NCC)C1. The molecule has 2 heterocycles. The molecule has 0 amide bonds. The zero-order chi connectivity index (χ0) is 15.1. The first-order valence-electron chi connectivity index (χ1n) is 8.28. The summed E-state index contributed by atoms with van der Waals surface area (Å²) < 4.78 is 8.01. The molecule has 0 saturated carbocycles. The van der Waals surface area contributed by atoms with Crippen molar-refractivity contribution in [3.05, 3.63) is 18.0 Å². The molecule has 1 N–H and O–H groups in total. The average molecular weight is 294 g/mol. The first-order chi connectivity index (χ1) is 10.2. The number of aromatic nitrogens is 2. The Kier molecular flexibility index (Phi) is 6.67. The Morgan fingerprint density at radius 2 is 2.33 bits per heavy atom. The smallest absolute Gasteiger partial charge is 0.0855 e. The Morgan fingerprint density at radius 3 is 3.00 bits per heavy atom. The zero-order valence-electron chi connectivity index (χ0n) is 13.7. The molecule has 0 aliphatic carbocycles. The number of hydrogen-bond acceptors (Lipinski definition) is 4. The van der Waals surface area contributed by atoms with Crippen LogP contribution in [0.4, 0.5) is 0 Å². The summed E-state index contributed by atoms with van der Waals surface area (Å²) in [6.45, 7) is 9.57. The molecule has 1 saturated heterocycles. The Bertz CT molecular complexity index is 405. The molecule has 2 rings (SSSR count). The molecule has 120 valence electrons. The molecule has 21 heavy (non-hydrogen) atoms. The van der Waals surface area contributed by atoms with Crippen molar-refractivity contribution in [3.8, 4) is 0 Å². The highest BCUT2D eigenvalue weighted by Crippen LogP contribution is 2.14. The van der Waals surface area contributed by atoms with Gasteiger partial charge in [-0.1, -0.05) is 13.8 Å². The Morgan fingerprint density at radius 1 is 1.48 bits per heavy atom. The van der Waals surface area contributed by atoms with Crippen molar-refractivity contribution >= 4 is 0 Å². The van der Waals surface area contributed by atoms with Gasteiger partial charge in [-0.15, -0.1) is 0 Å². The highest BCUT2D eigenvalue weighted by molar-refractivity contribution is 5.01. The van der Waals surface area contributed by atoms with Crippen LogP contribution < -0.4 is 5.32 Å². The fourth-order valence-electron chi connectivity index (χ4n) is 3.13. The van der Waals surface area contributed by atoms with Gasteiger partial charge in [0.25, 0.3) is 0 Å². The molecule has 0 bridgehead atoms. The zero-order valence-corrected chi connectivity index (χ0v) is 13.7. The van der Waals surface area contributed by atoms with Crippen LogP contribution in [0.15, 0.2) is 12.3 Å². The number of likely N-dealkylation sites (N-methyl/N-ethyl adjacent to an activating group) is 1. The van der Waals surface area contributed by atoms with E-state index in [0.717, 1.165) is 39.1 Å². The normalized spacial score (nSPS) is 21.6. The second-order valence-corrected chi connectivity index (χ2v) is 5.86. The lowest BCUT2D eigenvalue weighted by atomic mass is 10.0. The summed E-state index contributed by atoms with van der Waals surface area (Å²) in [7, 11) is 2.01. The van der Waals surface area contributed by atoms with Crippen LogP contribution in [0.1, 0.15) is 32.4 Å². The molecule has 1 aromatic rings. The van der Waals surface area contributed by atoms with Crippen LogP contribution in [0.3, 0.4) is 0 Å². The van der Waals surface area contributed by atoms with Crippen molar-refractivity contribution in [1.29, 1.82) is 0 Å². The van der Waals surface area contributed by atoms with Gasteiger partial charge in [0.15, 0.2) is 0 Å². The first kappa shape index (κ1) is 16.5. The molecule has 2 atom stereocenters. The van der Waals surface area contributed by atoms with Crippen molar-refractivity contribution < 1.29 is 4.74 Å². The van der Waals surface area contributed by atoms with E-state index in [0.29, 0.717) is 12.1 Å². The molecule has 1 aliphatic rings. The minimum absolute atomic E-state index is 0.304. The fraction of sp³-hybridized carbons (Fsp3) is 0.812. The molecule has 1 fully saturated rings. The average Bonchev–Trinajstić information content (AvgIpc) is 2.89. The van der Waals surface area contributed by atoms with Gasteiger partial charge in [-0.25, -0.2) is 0 Å². The van der Waals surface area contributed by atoms with Gasteiger partial charge in [0.1, 0.15) is 0 Å². The van der Waals surface area contributed by atoms with E-state index >= 15 is 0 Å². The van der Waals surface area contributed by atoms with Gasteiger partial charge in [-0.2, -0.15) is 5.10 Å². The number of hydrogen-bond donors (Lipinski definition) is 1. The van der Waals surface area contributed by atoms with Crippen molar-refractivity contribution in [2.24, 2.45) is 7.05 Å². The summed E-state index contributed by atoms with van der Waals surface area (Å²) in [4.78, 5) is 2.53. The van der Waals surface area contributed by atoms with Crippen LogP contribution in [0.2, 0.25) is 0 Å². The van der Waals surface area contributed by atoms with E-state index in [1.54, 1.807) is 0 Å². The van der Waals surface area contributed by atoms with Crippen LogP contribution in [0.5, 0.6) is 0 Å². The van der Waals surface area contributed by atoms with Gasteiger partial charge in [0.2, 0.25) is 0 Å². The third kappa shape index (κ3) is 4.80. The van der Waals surface area contributed by atoms with E-state index < -0.39 is 0 Å². The topological polar surface area (TPSA) is 42.3 Å². The molecular formula is C16H30N4O. The lowest BCUT2D eigenvalue weighted by molar-refractivity contribution is -0.0473. The van der Waals surface area contributed by atoms with Crippen LogP contribution in [0.25, 0.3) is 0 Å². The second-order valence-electron chi connectivity index (χ2n) is 5.86. The molecule has 5 heteroatoms. The standard InChI is InChI=1S/C16H30N4O/c1-4-10-20-11-12-21-16(13-20)15(17-5-2)7-6-14-8-9-18-19(14)3/h8-9,15-17H,4-7,10-13H2,1-3H3. The summed E-state index contributed by atoms with van der Waals surface area (Å²) in [6, 6.07) is 2.53. The molecule has 2 unspecified atom stereocenters. The number of nitrogens with one attached hydrogen (secondary N) is 1. The Balaban J connectivity index is 1.89. The predicted molar refractivity (Wildman–Crippen MR) is 85.5 cm³/mol.